The van der Waals surface area contributed by atoms with Crippen LogP contribution in [0.2, 0.25) is 0 Å². The molecule has 4 aromatic rings. The Morgan fingerprint density at radius 1 is 0.870 bits per heavy atom. The Bertz CT molecular complexity index is 1700. The number of aryl methyl sites for hydroxylation is 1. The molecule has 0 aliphatic rings. The molecule has 10 heteroatoms. The van der Waals surface area contributed by atoms with Crippen LogP contribution in [0.5, 0.6) is 5.75 Å². The van der Waals surface area contributed by atoms with Gasteiger partial charge in [-0.05, 0) is 79.9 Å². The molecule has 1 N–H and O–H groups in total. The van der Waals surface area contributed by atoms with Gasteiger partial charge in [0.25, 0.3) is 10.0 Å². The number of nitrogens with zero attached hydrogens (tertiary/aromatic N) is 2. The summed E-state index contributed by atoms with van der Waals surface area (Å²) >= 11 is 3.37. The van der Waals surface area contributed by atoms with Gasteiger partial charge in [-0.25, -0.2) is 8.42 Å². The normalized spacial score (nSPS) is 11.8. The molecule has 46 heavy (non-hydrogen) atoms. The minimum Gasteiger partial charge on any atom is -0.494 e. The maximum atomic E-state index is 14.5. The van der Waals surface area contributed by atoms with E-state index in [1.54, 1.807) is 36.4 Å². The van der Waals surface area contributed by atoms with Crippen molar-refractivity contribution in [3.05, 3.63) is 124 Å². The maximum absolute atomic E-state index is 14.5. The zero-order valence-electron chi connectivity index (χ0n) is 26.4. The lowest BCUT2D eigenvalue weighted by atomic mass is 10.0. The highest BCUT2D eigenvalue weighted by Crippen LogP contribution is 2.28. The fraction of sp³-hybridized carbons (Fsp3) is 0.278. The highest BCUT2D eigenvalue weighted by atomic mass is 79.9. The van der Waals surface area contributed by atoms with Gasteiger partial charge < -0.3 is 15.0 Å². The molecule has 0 saturated heterocycles. The third-order valence-corrected chi connectivity index (χ3v) is 9.69. The van der Waals surface area contributed by atoms with Gasteiger partial charge in [0.2, 0.25) is 11.8 Å². The average molecular weight is 707 g/mol. The molecule has 0 aliphatic heterocycles. The number of rotatable bonds is 15. The van der Waals surface area contributed by atoms with E-state index < -0.39 is 28.5 Å². The first-order valence-electron chi connectivity index (χ1n) is 15.3. The molecule has 0 heterocycles. The molecule has 0 aliphatic carbocycles. The third kappa shape index (κ3) is 9.20. The van der Waals surface area contributed by atoms with Crippen molar-refractivity contribution in [3.63, 3.8) is 0 Å². The van der Waals surface area contributed by atoms with Gasteiger partial charge >= 0.3 is 0 Å². The molecular formula is C36H40BrN3O5S. The molecule has 4 aromatic carbocycles. The molecule has 0 unspecified atom stereocenters. The Morgan fingerprint density at radius 2 is 1.54 bits per heavy atom. The number of hydrogen-bond acceptors (Lipinski definition) is 5. The second kappa shape index (κ2) is 16.4. The molecule has 0 bridgehead atoms. The van der Waals surface area contributed by atoms with E-state index in [1.165, 1.54) is 17.0 Å². The number of benzene rings is 4. The van der Waals surface area contributed by atoms with Gasteiger partial charge in [-0.2, -0.15) is 0 Å². The van der Waals surface area contributed by atoms with Crippen molar-refractivity contribution in [2.24, 2.45) is 0 Å². The summed E-state index contributed by atoms with van der Waals surface area (Å²) in [5.74, 6) is -0.228. The van der Waals surface area contributed by atoms with E-state index in [0.717, 1.165) is 31.9 Å². The van der Waals surface area contributed by atoms with Gasteiger partial charge in [-0.1, -0.05) is 83.0 Å². The van der Waals surface area contributed by atoms with Gasteiger partial charge in [0.15, 0.2) is 0 Å². The standard InChI is InChI=1S/C36H40BrN3O5S/c1-4-22-38-36(42)34(24-28-11-7-6-8-12-28)39(25-29-13-9-10-27(3)23-29)35(41)26-40(31-16-18-32(19-17-31)45-5-2)46(43,44)33-20-14-30(37)15-21-33/h6-21,23,34H,4-5,22,24-26H2,1-3H3,(H,38,42)/t34-/m1/s1. The molecule has 0 aromatic heterocycles. The van der Waals surface area contributed by atoms with Gasteiger partial charge in [-0.15, -0.1) is 0 Å². The lowest BCUT2D eigenvalue weighted by molar-refractivity contribution is -0.140. The largest absolute Gasteiger partial charge is 0.494 e. The van der Waals surface area contributed by atoms with Crippen molar-refractivity contribution in [1.29, 1.82) is 0 Å². The zero-order valence-corrected chi connectivity index (χ0v) is 28.8. The summed E-state index contributed by atoms with van der Waals surface area (Å²) in [6.07, 6.45) is 0.989. The van der Waals surface area contributed by atoms with Crippen LogP contribution >= 0.6 is 15.9 Å². The van der Waals surface area contributed by atoms with Crippen LogP contribution in [-0.4, -0.2) is 50.9 Å². The highest BCUT2D eigenvalue weighted by Gasteiger charge is 2.34. The second-order valence-corrected chi connectivity index (χ2v) is 13.7. The van der Waals surface area contributed by atoms with Crippen molar-refractivity contribution >= 4 is 43.5 Å². The highest BCUT2D eigenvalue weighted by molar-refractivity contribution is 9.10. The summed E-state index contributed by atoms with van der Waals surface area (Å²) < 4.78 is 35.8. The smallest absolute Gasteiger partial charge is 0.264 e. The Morgan fingerprint density at radius 3 is 2.17 bits per heavy atom. The van der Waals surface area contributed by atoms with Gasteiger partial charge in [0.1, 0.15) is 18.3 Å². The van der Waals surface area contributed by atoms with E-state index in [-0.39, 0.29) is 23.8 Å². The fourth-order valence-corrected chi connectivity index (χ4v) is 6.74. The number of carbonyl (C=O) groups is 2. The van der Waals surface area contributed by atoms with Crippen LogP contribution < -0.4 is 14.4 Å². The SMILES string of the molecule is CCCNC(=O)[C@@H](Cc1ccccc1)N(Cc1cccc(C)c1)C(=O)CN(c1ccc(OCC)cc1)S(=O)(=O)c1ccc(Br)cc1. The predicted octanol–water partition coefficient (Wildman–Crippen LogP) is 6.52. The number of ether oxygens (including phenoxy) is 1. The summed E-state index contributed by atoms with van der Waals surface area (Å²) in [7, 11) is -4.20. The van der Waals surface area contributed by atoms with Gasteiger partial charge in [-0.3, -0.25) is 13.9 Å². The number of amides is 2. The summed E-state index contributed by atoms with van der Waals surface area (Å²) in [6, 6.07) is 29.2. The predicted molar refractivity (Wildman–Crippen MR) is 185 cm³/mol. The number of nitrogens with one attached hydrogen (secondary N) is 1. The van der Waals surface area contributed by atoms with Crippen LogP contribution in [0.15, 0.2) is 112 Å². The molecule has 8 nitrogen and oxygen atoms in total. The monoisotopic (exact) mass is 705 g/mol. The van der Waals surface area contributed by atoms with Gasteiger partial charge in [0, 0.05) is 24.0 Å². The molecule has 4 rings (SSSR count). The van der Waals surface area contributed by atoms with E-state index in [2.05, 4.69) is 21.2 Å². The lowest BCUT2D eigenvalue weighted by Gasteiger charge is -2.34. The van der Waals surface area contributed by atoms with Crippen LogP contribution in [0.4, 0.5) is 5.69 Å². The minimum atomic E-state index is -4.20. The number of halogens is 1. The molecule has 0 spiro atoms. The average Bonchev–Trinajstić information content (AvgIpc) is 3.05. The van der Waals surface area contributed by atoms with Gasteiger partial charge in [0.05, 0.1) is 17.2 Å². The molecule has 2 amide bonds. The number of carbonyl (C=O) groups excluding carboxylic acids is 2. The molecule has 242 valence electrons. The lowest BCUT2D eigenvalue weighted by Crippen LogP contribution is -2.53. The molecule has 0 radical (unpaired) electrons. The second-order valence-electron chi connectivity index (χ2n) is 10.9. The van der Waals surface area contributed by atoms with Crippen molar-refractivity contribution in [2.75, 3.05) is 24.0 Å². The number of anilines is 1. The van der Waals surface area contributed by atoms with Crippen molar-refractivity contribution in [2.45, 2.75) is 51.1 Å². The van der Waals surface area contributed by atoms with E-state index in [1.807, 2.05) is 75.4 Å². The first-order chi connectivity index (χ1) is 22.1. The van der Waals surface area contributed by atoms with Crippen LogP contribution in [-0.2, 0) is 32.6 Å². The maximum Gasteiger partial charge on any atom is 0.264 e. The Balaban J connectivity index is 1.79. The molecular weight excluding hydrogens is 666 g/mol. The van der Waals surface area contributed by atoms with E-state index in [0.29, 0.717) is 24.6 Å². The van der Waals surface area contributed by atoms with Crippen molar-refractivity contribution in [3.8, 4) is 5.75 Å². The minimum absolute atomic E-state index is 0.0316. The first-order valence-corrected chi connectivity index (χ1v) is 17.5. The van der Waals surface area contributed by atoms with E-state index in [4.69, 9.17) is 4.74 Å². The molecule has 1 atom stereocenters. The first kappa shape index (κ1) is 34.7. The Labute approximate surface area is 280 Å². The molecule has 0 saturated carbocycles. The summed E-state index contributed by atoms with van der Waals surface area (Å²) in [6.45, 7) is 6.29. The van der Waals surface area contributed by atoms with Crippen molar-refractivity contribution < 1.29 is 22.7 Å². The van der Waals surface area contributed by atoms with Crippen LogP contribution in [0.25, 0.3) is 0 Å². The summed E-state index contributed by atoms with van der Waals surface area (Å²) in [4.78, 5) is 29.8. The molecule has 0 fully saturated rings. The Hall–Kier alpha value is -4.15. The summed E-state index contributed by atoms with van der Waals surface area (Å²) in [5, 5.41) is 2.97. The quantitative estimate of drug-likeness (QED) is 0.152. The van der Waals surface area contributed by atoms with Crippen LogP contribution in [0.1, 0.15) is 37.0 Å². The zero-order chi connectivity index (χ0) is 33.1. The van der Waals surface area contributed by atoms with Crippen LogP contribution in [0.3, 0.4) is 0 Å². The van der Waals surface area contributed by atoms with E-state index in [9.17, 15) is 18.0 Å². The fourth-order valence-electron chi connectivity index (χ4n) is 5.06. The van der Waals surface area contributed by atoms with Crippen LogP contribution in [0, 0.1) is 6.92 Å². The van der Waals surface area contributed by atoms with E-state index >= 15 is 0 Å². The summed E-state index contributed by atoms with van der Waals surface area (Å²) in [5.41, 5.74) is 3.02. The number of sulfonamides is 1. The number of hydrogen-bond donors (Lipinski definition) is 1. The topological polar surface area (TPSA) is 96.0 Å². The van der Waals surface area contributed by atoms with Crippen molar-refractivity contribution in [1.82, 2.24) is 10.2 Å². The third-order valence-electron chi connectivity index (χ3n) is 7.37. The Kier molecular flexibility index (Phi) is 12.4.